The number of benzene rings is 1. The molecule has 0 aromatic heterocycles. The van der Waals surface area contributed by atoms with Crippen LogP contribution >= 0.6 is 0 Å². The topological polar surface area (TPSA) is 81.7 Å². The van der Waals surface area contributed by atoms with Gasteiger partial charge in [0.1, 0.15) is 6.04 Å². The minimum atomic E-state index is -4.73. The molecule has 1 rings (SSSR count). The summed E-state index contributed by atoms with van der Waals surface area (Å²) in [7, 11) is 2.22. The Hall–Kier alpha value is -2.58. The van der Waals surface area contributed by atoms with Gasteiger partial charge in [-0.1, -0.05) is 19.1 Å². The van der Waals surface area contributed by atoms with Crippen LogP contribution in [-0.2, 0) is 25.2 Å². The van der Waals surface area contributed by atoms with Gasteiger partial charge in [0, 0.05) is 0 Å². The Labute approximate surface area is 142 Å². The second-order valence-corrected chi connectivity index (χ2v) is 5.28. The van der Waals surface area contributed by atoms with Crippen molar-refractivity contribution in [3.8, 4) is 0 Å². The van der Waals surface area contributed by atoms with Crippen molar-refractivity contribution in [2.24, 2.45) is 5.92 Å². The molecule has 0 spiro atoms. The maximum Gasteiger partial charge on any atom is 0.417 e. The Morgan fingerprint density at radius 2 is 1.72 bits per heavy atom. The molecule has 0 aliphatic rings. The molecule has 1 aromatic rings. The molecule has 138 valence electrons. The van der Waals surface area contributed by atoms with E-state index in [1.807, 2.05) is 0 Å². The Morgan fingerprint density at radius 3 is 2.24 bits per heavy atom. The number of carbonyl (C=O) groups excluding carboxylic acids is 3. The van der Waals surface area contributed by atoms with Crippen molar-refractivity contribution in [1.29, 1.82) is 0 Å². The van der Waals surface area contributed by atoms with Gasteiger partial charge in [0.2, 0.25) is 0 Å². The summed E-state index contributed by atoms with van der Waals surface area (Å²) in [6.07, 6.45) is -4.95. The first-order valence-electron chi connectivity index (χ1n) is 7.23. The molecule has 0 aliphatic carbocycles. The van der Waals surface area contributed by atoms with Gasteiger partial charge in [0.05, 0.1) is 31.8 Å². The minimum Gasteiger partial charge on any atom is -0.469 e. The number of hydrogen-bond donors (Lipinski definition) is 1. The lowest BCUT2D eigenvalue weighted by atomic mass is 9.97. The summed E-state index contributed by atoms with van der Waals surface area (Å²) in [5, 5.41) is 2.20. The van der Waals surface area contributed by atoms with E-state index >= 15 is 0 Å². The Morgan fingerprint density at radius 1 is 1.12 bits per heavy atom. The predicted octanol–water partition coefficient (Wildman–Crippen LogP) is 2.18. The van der Waals surface area contributed by atoms with Gasteiger partial charge in [-0.05, 0) is 18.1 Å². The number of halogens is 3. The summed E-state index contributed by atoms with van der Waals surface area (Å²) < 4.78 is 48.1. The fraction of sp³-hybridized carbons (Fsp3) is 0.438. The highest BCUT2D eigenvalue weighted by Crippen LogP contribution is 2.31. The first-order valence-corrected chi connectivity index (χ1v) is 7.23. The van der Waals surface area contributed by atoms with Crippen LogP contribution in [0.2, 0.25) is 0 Å². The average molecular weight is 361 g/mol. The van der Waals surface area contributed by atoms with Gasteiger partial charge >= 0.3 is 18.1 Å². The van der Waals surface area contributed by atoms with Crippen LogP contribution in [0.15, 0.2) is 24.3 Å². The SMILES string of the molecule is COC(=O)C[C@H](C)[C@H](NC(=O)c1ccccc1C(F)(F)F)C(=O)OC. The molecule has 0 radical (unpaired) electrons. The molecule has 1 amide bonds. The summed E-state index contributed by atoms with van der Waals surface area (Å²) in [4.78, 5) is 35.5. The van der Waals surface area contributed by atoms with Crippen LogP contribution in [0.1, 0.15) is 29.3 Å². The van der Waals surface area contributed by atoms with Crippen molar-refractivity contribution in [2.45, 2.75) is 25.6 Å². The van der Waals surface area contributed by atoms with Crippen molar-refractivity contribution in [1.82, 2.24) is 5.32 Å². The Bertz CT molecular complexity index is 645. The molecule has 2 atom stereocenters. The van der Waals surface area contributed by atoms with Gasteiger partial charge in [-0.3, -0.25) is 9.59 Å². The summed E-state index contributed by atoms with van der Waals surface area (Å²) >= 11 is 0. The van der Waals surface area contributed by atoms with Gasteiger partial charge in [0.15, 0.2) is 0 Å². The third kappa shape index (κ3) is 5.47. The zero-order chi connectivity index (χ0) is 19.2. The average Bonchev–Trinajstić information content (AvgIpc) is 2.57. The van der Waals surface area contributed by atoms with E-state index in [4.69, 9.17) is 0 Å². The molecular weight excluding hydrogens is 343 g/mol. The smallest absolute Gasteiger partial charge is 0.417 e. The molecule has 0 fully saturated rings. The third-order valence-electron chi connectivity index (χ3n) is 3.50. The second kappa shape index (κ2) is 8.50. The summed E-state index contributed by atoms with van der Waals surface area (Å²) in [6, 6.07) is 2.88. The van der Waals surface area contributed by atoms with Gasteiger partial charge in [0.25, 0.3) is 5.91 Å². The second-order valence-electron chi connectivity index (χ2n) is 5.28. The van der Waals surface area contributed by atoms with Crippen molar-refractivity contribution in [2.75, 3.05) is 14.2 Å². The number of hydrogen-bond acceptors (Lipinski definition) is 5. The predicted molar refractivity (Wildman–Crippen MR) is 80.5 cm³/mol. The van der Waals surface area contributed by atoms with Crippen LogP contribution in [0.4, 0.5) is 13.2 Å². The van der Waals surface area contributed by atoms with E-state index in [-0.39, 0.29) is 6.42 Å². The zero-order valence-electron chi connectivity index (χ0n) is 13.8. The van der Waals surface area contributed by atoms with E-state index in [0.717, 1.165) is 32.4 Å². The number of nitrogens with one attached hydrogen (secondary N) is 1. The van der Waals surface area contributed by atoms with Crippen molar-refractivity contribution < 1.29 is 37.0 Å². The van der Waals surface area contributed by atoms with E-state index in [9.17, 15) is 27.6 Å². The van der Waals surface area contributed by atoms with Gasteiger partial charge in [-0.25, -0.2) is 4.79 Å². The van der Waals surface area contributed by atoms with E-state index in [2.05, 4.69) is 14.8 Å². The molecule has 0 aliphatic heterocycles. The highest BCUT2D eigenvalue weighted by Gasteiger charge is 2.36. The largest absolute Gasteiger partial charge is 0.469 e. The lowest BCUT2D eigenvalue weighted by Gasteiger charge is -2.23. The molecule has 0 unspecified atom stereocenters. The number of alkyl halides is 3. The molecule has 9 heteroatoms. The number of rotatable bonds is 6. The minimum absolute atomic E-state index is 0.225. The number of carbonyl (C=O) groups is 3. The van der Waals surface area contributed by atoms with Gasteiger partial charge in [-0.2, -0.15) is 13.2 Å². The number of esters is 2. The van der Waals surface area contributed by atoms with Crippen LogP contribution < -0.4 is 5.32 Å². The number of ether oxygens (including phenoxy) is 2. The molecule has 0 heterocycles. The Balaban J connectivity index is 3.08. The zero-order valence-corrected chi connectivity index (χ0v) is 13.8. The lowest BCUT2D eigenvalue weighted by molar-refractivity contribution is -0.146. The number of amides is 1. The van der Waals surface area contributed by atoms with E-state index < -0.39 is 47.1 Å². The molecule has 1 N–H and O–H groups in total. The molecule has 6 nitrogen and oxygen atoms in total. The van der Waals surface area contributed by atoms with E-state index in [1.54, 1.807) is 0 Å². The van der Waals surface area contributed by atoms with E-state index in [0.29, 0.717) is 0 Å². The standard InChI is InChI=1S/C16H18F3NO5/c1-9(8-12(21)24-2)13(15(23)25-3)20-14(22)10-6-4-5-7-11(10)16(17,18)19/h4-7,9,13H,8H2,1-3H3,(H,20,22)/t9-,13-/m0/s1. The van der Waals surface area contributed by atoms with Gasteiger partial charge < -0.3 is 14.8 Å². The Kier molecular flexibility index (Phi) is 6.96. The molecular formula is C16H18F3NO5. The quantitative estimate of drug-likeness (QED) is 0.786. The maximum atomic E-state index is 13.0. The number of methoxy groups -OCH3 is 2. The molecule has 0 saturated carbocycles. The van der Waals surface area contributed by atoms with Crippen LogP contribution in [0, 0.1) is 5.92 Å². The van der Waals surface area contributed by atoms with Crippen LogP contribution in [-0.4, -0.2) is 38.1 Å². The summed E-state index contributed by atoms with van der Waals surface area (Å²) in [6.45, 7) is 1.47. The van der Waals surface area contributed by atoms with E-state index in [1.165, 1.54) is 13.0 Å². The maximum absolute atomic E-state index is 13.0. The molecule has 1 aromatic carbocycles. The first kappa shape index (κ1) is 20.5. The van der Waals surface area contributed by atoms with Crippen LogP contribution in [0.5, 0.6) is 0 Å². The van der Waals surface area contributed by atoms with Crippen LogP contribution in [0.3, 0.4) is 0 Å². The van der Waals surface area contributed by atoms with Crippen molar-refractivity contribution in [3.05, 3.63) is 35.4 Å². The van der Waals surface area contributed by atoms with Crippen molar-refractivity contribution >= 4 is 17.8 Å². The fourth-order valence-corrected chi connectivity index (χ4v) is 2.17. The summed E-state index contributed by atoms with van der Waals surface area (Å²) in [5.41, 5.74) is -1.76. The highest BCUT2D eigenvalue weighted by molar-refractivity contribution is 5.98. The molecule has 25 heavy (non-hydrogen) atoms. The molecule has 0 saturated heterocycles. The normalized spacial score (nSPS) is 13.5. The summed E-state index contributed by atoms with van der Waals surface area (Å²) in [5.74, 6) is -3.36. The fourth-order valence-electron chi connectivity index (χ4n) is 2.17. The monoisotopic (exact) mass is 361 g/mol. The highest BCUT2D eigenvalue weighted by atomic mass is 19.4. The van der Waals surface area contributed by atoms with Crippen LogP contribution in [0.25, 0.3) is 0 Å². The molecule has 0 bridgehead atoms. The first-order chi connectivity index (χ1) is 11.6. The third-order valence-corrected chi connectivity index (χ3v) is 3.50. The van der Waals surface area contributed by atoms with Crippen molar-refractivity contribution in [3.63, 3.8) is 0 Å². The van der Waals surface area contributed by atoms with Gasteiger partial charge in [-0.15, -0.1) is 0 Å². The lowest BCUT2D eigenvalue weighted by Crippen LogP contribution is -2.46.